The van der Waals surface area contributed by atoms with E-state index in [1.54, 1.807) is 6.42 Å². The number of rotatable bonds is 0. The van der Waals surface area contributed by atoms with Crippen LogP contribution >= 0.6 is 0 Å². The zero-order valence-corrected chi connectivity index (χ0v) is 7.05. The van der Waals surface area contributed by atoms with Gasteiger partial charge >= 0.3 is 0 Å². The molecule has 1 nitrogen and oxygen atoms in total. The van der Waals surface area contributed by atoms with E-state index in [2.05, 4.69) is 5.32 Å². The van der Waals surface area contributed by atoms with E-state index in [1.165, 1.54) is 32.1 Å². The van der Waals surface area contributed by atoms with Gasteiger partial charge in [-0.1, -0.05) is 0 Å². The van der Waals surface area contributed by atoms with Crippen molar-refractivity contribution in [3.63, 3.8) is 0 Å². The van der Waals surface area contributed by atoms with E-state index < -0.39 is 0 Å². The fourth-order valence-corrected chi connectivity index (χ4v) is 3.57. The second kappa shape index (κ2) is 2.22. The number of piperidine rings is 1. The highest BCUT2D eigenvalue weighted by Gasteiger charge is 2.38. The van der Waals surface area contributed by atoms with E-state index in [1.807, 2.05) is 0 Å². The lowest BCUT2D eigenvalue weighted by atomic mass is 9.76. The van der Waals surface area contributed by atoms with Crippen molar-refractivity contribution in [3.05, 3.63) is 0 Å². The highest BCUT2D eigenvalue weighted by Crippen LogP contribution is 2.42. The van der Waals surface area contributed by atoms with Crippen LogP contribution in [0.15, 0.2) is 0 Å². The fourth-order valence-electron chi connectivity index (χ4n) is 3.57. The van der Waals surface area contributed by atoms with Crippen molar-refractivity contribution in [2.45, 2.75) is 50.6 Å². The molecule has 0 radical (unpaired) electrons. The highest BCUT2D eigenvalue weighted by molar-refractivity contribution is 4.95. The maximum Gasteiger partial charge on any atom is 0.00749 e. The average molecular weight is 151 g/mol. The molecule has 1 heteroatoms. The van der Waals surface area contributed by atoms with Gasteiger partial charge in [-0.25, -0.2) is 0 Å². The zero-order valence-electron chi connectivity index (χ0n) is 7.05. The molecule has 11 heavy (non-hydrogen) atoms. The summed E-state index contributed by atoms with van der Waals surface area (Å²) in [6, 6.07) is 1.83. The van der Waals surface area contributed by atoms with Crippen molar-refractivity contribution in [2.75, 3.05) is 0 Å². The fraction of sp³-hybridized carbons (Fsp3) is 1.00. The summed E-state index contributed by atoms with van der Waals surface area (Å²) >= 11 is 0. The van der Waals surface area contributed by atoms with E-state index >= 15 is 0 Å². The normalized spacial score (nSPS) is 54.5. The molecule has 4 bridgehead atoms. The second-order valence-corrected chi connectivity index (χ2v) is 4.81. The van der Waals surface area contributed by atoms with Crippen LogP contribution in [0.2, 0.25) is 0 Å². The first-order valence-electron chi connectivity index (χ1n) is 5.16. The molecule has 2 saturated heterocycles. The van der Waals surface area contributed by atoms with Gasteiger partial charge in [0.05, 0.1) is 0 Å². The van der Waals surface area contributed by atoms with Gasteiger partial charge in [0.15, 0.2) is 0 Å². The smallest absolute Gasteiger partial charge is 0.00749 e. The summed E-state index contributed by atoms with van der Waals surface area (Å²) in [7, 11) is 0. The molecule has 4 aliphatic rings. The Hall–Kier alpha value is -0.0400. The predicted octanol–water partition coefficient (Wildman–Crippen LogP) is 1.93. The Morgan fingerprint density at radius 2 is 1.55 bits per heavy atom. The molecule has 62 valence electrons. The topological polar surface area (TPSA) is 12.0 Å². The molecule has 0 aromatic rings. The van der Waals surface area contributed by atoms with Crippen molar-refractivity contribution in [2.24, 2.45) is 11.8 Å². The Labute approximate surface area is 68.6 Å². The van der Waals surface area contributed by atoms with Crippen LogP contribution < -0.4 is 5.32 Å². The summed E-state index contributed by atoms with van der Waals surface area (Å²) in [5, 5.41) is 3.78. The van der Waals surface area contributed by atoms with Crippen LogP contribution in [-0.4, -0.2) is 12.1 Å². The molecule has 1 N–H and O–H groups in total. The standard InChI is InChI=1S/C10H17N/c1-2-9-5-8-3-7(1)4-10(6-8)11-9/h7-11H,1-6H2. The van der Waals surface area contributed by atoms with Gasteiger partial charge in [-0.15, -0.1) is 0 Å². The minimum absolute atomic E-state index is 0.909. The lowest BCUT2D eigenvalue weighted by Gasteiger charge is -2.39. The van der Waals surface area contributed by atoms with Gasteiger partial charge in [-0.05, 0) is 50.4 Å². The van der Waals surface area contributed by atoms with Crippen LogP contribution in [0, 0.1) is 11.8 Å². The van der Waals surface area contributed by atoms with Crippen LogP contribution in [0.4, 0.5) is 0 Å². The SMILES string of the molecule is C1CC2CC3CC1CC(C3)N2. The number of fused-ring (bicyclic) bond motifs is 1. The number of hydrogen-bond donors (Lipinski definition) is 1. The lowest BCUT2D eigenvalue weighted by Crippen LogP contribution is -2.46. The zero-order chi connectivity index (χ0) is 7.26. The van der Waals surface area contributed by atoms with Crippen molar-refractivity contribution in [1.82, 2.24) is 5.32 Å². The van der Waals surface area contributed by atoms with Crippen LogP contribution in [0.25, 0.3) is 0 Å². The van der Waals surface area contributed by atoms with Gasteiger partial charge in [0.1, 0.15) is 0 Å². The summed E-state index contributed by atoms with van der Waals surface area (Å²) < 4.78 is 0. The Balaban J connectivity index is 1.90. The Morgan fingerprint density at radius 3 is 2.45 bits per heavy atom. The van der Waals surface area contributed by atoms with Crippen molar-refractivity contribution in [3.8, 4) is 0 Å². The quantitative estimate of drug-likeness (QED) is 0.558. The molecular weight excluding hydrogens is 134 g/mol. The molecular formula is C10H17N. The summed E-state index contributed by atoms with van der Waals surface area (Å²) in [5.41, 5.74) is 0. The van der Waals surface area contributed by atoms with Crippen LogP contribution in [0.3, 0.4) is 0 Å². The third-order valence-corrected chi connectivity index (χ3v) is 3.92. The predicted molar refractivity (Wildman–Crippen MR) is 45.4 cm³/mol. The largest absolute Gasteiger partial charge is 0.311 e. The molecule has 0 amide bonds. The van der Waals surface area contributed by atoms with Crippen molar-refractivity contribution in [1.29, 1.82) is 0 Å². The van der Waals surface area contributed by atoms with E-state index in [0.29, 0.717) is 0 Å². The Bertz CT molecular complexity index is 132. The number of nitrogens with one attached hydrogen (secondary N) is 1. The van der Waals surface area contributed by atoms with Crippen LogP contribution in [0.1, 0.15) is 38.5 Å². The Kier molecular flexibility index (Phi) is 1.31. The van der Waals surface area contributed by atoms with E-state index in [0.717, 1.165) is 23.9 Å². The van der Waals surface area contributed by atoms with Crippen LogP contribution in [0.5, 0.6) is 0 Å². The molecule has 4 fully saturated rings. The average Bonchev–Trinajstić information content (AvgIpc) is 2.18. The van der Waals surface area contributed by atoms with Gasteiger partial charge in [0.2, 0.25) is 0 Å². The maximum atomic E-state index is 3.78. The molecule has 2 aliphatic carbocycles. The summed E-state index contributed by atoms with van der Waals surface area (Å²) in [5.74, 6) is 2.20. The Morgan fingerprint density at radius 1 is 0.727 bits per heavy atom. The molecule has 4 rings (SSSR count). The minimum Gasteiger partial charge on any atom is -0.311 e. The third-order valence-electron chi connectivity index (χ3n) is 3.92. The van der Waals surface area contributed by atoms with Crippen molar-refractivity contribution < 1.29 is 0 Å². The molecule has 2 saturated carbocycles. The summed E-state index contributed by atoms with van der Waals surface area (Å²) in [4.78, 5) is 0. The third kappa shape index (κ3) is 1.01. The van der Waals surface area contributed by atoms with Crippen LogP contribution in [-0.2, 0) is 0 Å². The molecule has 2 aliphatic heterocycles. The monoisotopic (exact) mass is 151 g/mol. The first-order valence-corrected chi connectivity index (χ1v) is 5.16. The lowest BCUT2D eigenvalue weighted by molar-refractivity contribution is 0.172. The van der Waals surface area contributed by atoms with Gasteiger partial charge in [-0.2, -0.15) is 0 Å². The summed E-state index contributed by atoms with van der Waals surface area (Å²) in [6.45, 7) is 0. The van der Waals surface area contributed by atoms with Crippen molar-refractivity contribution >= 4 is 0 Å². The molecule has 0 spiro atoms. The molecule has 4 atom stereocenters. The van der Waals surface area contributed by atoms with E-state index in [-0.39, 0.29) is 0 Å². The molecule has 4 unspecified atom stereocenters. The van der Waals surface area contributed by atoms with Gasteiger partial charge in [-0.3, -0.25) is 0 Å². The molecule has 2 heterocycles. The second-order valence-electron chi connectivity index (χ2n) is 4.81. The first-order chi connectivity index (χ1) is 5.40. The van der Waals surface area contributed by atoms with Gasteiger partial charge < -0.3 is 5.32 Å². The number of hydrogen-bond acceptors (Lipinski definition) is 1. The van der Waals surface area contributed by atoms with E-state index in [4.69, 9.17) is 0 Å². The maximum absolute atomic E-state index is 3.78. The van der Waals surface area contributed by atoms with Gasteiger partial charge in [0.25, 0.3) is 0 Å². The van der Waals surface area contributed by atoms with Gasteiger partial charge in [0, 0.05) is 12.1 Å². The first kappa shape index (κ1) is 6.47. The molecule has 0 aromatic carbocycles. The molecule has 0 aromatic heterocycles. The highest BCUT2D eigenvalue weighted by atomic mass is 15.0. The van der Waals surface area contributed by atoms with E-state index in [9.17, 15) is 0 Å². The minimum atomic E-state index is 0.909. The summed E-state index contributed by atoms with van der Waals surface area (Å²) in [6.07, 6.45) is 9.03.